The van der Waals surface area contributed by atoms with Gasteiger partial charge in [-0.2, -0.15) is 0 Å². The molecule has 0 aromatic heterocycles. The Kier molecular flexibility index (Phi) is 6.99. The van der Waals surface area contributed by atoms with Gasteiger partial charge in [-0.15, -0.1) is 0 Å². The van der Waals surface area contributed by atoms with Crippen LogP contribution in [-0.2, 0) is 13.1 Å². The van der Waals surface area contributed by atoms with E-state index in [1.165, 1.54) is 11.1 Å². The van der Waals surface area contributed by atoms with E-state index in [1.54, 1.807) is 7.05 Å². The summed E-state index contributed by atoms with van der Waals surface area (Å²) in [5, 5.41) is 9.61. The summed E-state index contributed by atoms with van der Waals surface area (Å²) in [6, 6.07) is 15.9. The lowest BCUT2D eigenvalue weighted by Crippen LogP contribution is -2.40. The predicted molar refractivity (Wildman–Crippen MR) is 112 cm³/mol. The Bertz CT molecular complexity index is 806. The minimum Gasteiger partial charge on any atom is -0.352 e. The molecule has 0 unspecified atom stereocenters. The second-order valence-electron chi connectivity index (χ2n) is 7.61. The molecule has 2 rings (SSSR count). The van der Waals surface area contributed by atoms with E-state index >= 15 is 0 Å². The van der Waals surface area contributed by atoms with E-state index in [-0.39, 0.29) is 11.4 Å². The molecule has 0 radical (unpaired) electrons. The van der Waals surface area contributed by atoms with Crippen LogP contribution < -0.4 is 16.0 Å². The van der Waals surface area contributed by atoms with Crippen LogP contribution in [0.4, 0.5) is 0 Å². The number of guanidine groups is 1. The van der Waals surface area contributed by atoms with Crippen molar-refractivity contribution < 1.29 is 4.79 Å². The number of amides is 1. The van der Waals surface area contributed by atoms with Crippen LogP contribution in [0.5, 0.6) is 0 Å². The SMILES string of the molecule is CN=C(NCc1cccc(C(=O)NC(C)(C)C)c1)NCc1ccccc1C. The van der Waals surface area contributed by atoms with Gasteiger partial charge in [-0.3, -0.25) is 9.79 Å². The van der Waals surface area contributed by atoms with Crippen LogP contribution in [0.1, 0.15) is 47.8 Å². The molecule has 0 aliphatic carbocycles. The highest BCUT2D eigenvalue weighted by Gasteiger charge is 2.15. The number of benzene rings is 2. The minimum atomic E-state index is -0.257. The highest BCUT2D eigenvalue weighted by molar-refractivity contribution is 5.94. The van der Waals surface area contributed by atoms with Crippen molar-refractivity contribution in [1.82, 2.24) is 16.0 Å². The Balaban J connectivity index is 1.93. The number of hydrogen-bond donors (Lipinski definition) is 3. The zero-order valence-corrected chi connectivity index (χ0v) is 16.9. The second kappa shape index (κ2) is 9.21. The summed E-state index contributed by atoms with van der Waals surface area (Å²) in [7, 11) is 1.75. The zero-order chi connectivity index (χ0) is 19.9. The minimum absolute atomic E-state index is 0.0635. The van der Waals surface area contributed by atoms with Crippen molar-refractivity contribution in [2.45, 2.75) is 46.3 Å². The molecule has 0 fully saturated rings. The molecule has 0 saturated heterocycles. The summed E-state index contributed by atoms with van der Waals surface area (Å²) in [5.74, 6) is 0.661. The largest absolute Gasteiger partial charge is 0.352 e. The van der Waals surface area contributed by atoms with Gasteiger partial charge in [0.25, 0.3) is 5.91 Å². The molecular formula is C22H30N4O. The van der Waals surface area contributed by atoms with Crippen LogP contribution in [0.25, 0.3) is 0 Å². The number of carbonyl (C=O) groups excluding carboxylic acids is 1. The number of aryl methyl sites for hydroxylation is 1. The summed E-state index contributed by atoms with van der Waals surface area (Å²) in [6.45, 7) is 9.31. The fourth-order valence-electron chi connectivity index (χ4n) is 2.63. The van der Waals surface area contributed by atoms with Gasteiger partial charge in [-0.1, -0.05) is 36.4 Å². The number of hydrogen-bond acceptors (Lipinski definition) is 2. The number of nitrogens with zero attached hydrogens (tertiary/aromatic N) is 1. The van der Waals surface area contributed by atoms with Crippen LogP contribution in [0.2, 0.25) is 0 Å². The molecule has 5 heteroatoms. The standard InChI is InChI=1S/C22H30N4O/c1-16-9-6-7-11-19(16)15-25-21(23-5)24-14-17-10-8-12-18(13-17)20(27)26-22(2,3)4/h6-13H,14-15H2,1-5H3,(H,26,27)(H2,23,24,25). The first-order valence-electron chi connectivity index (χ1n) is 9.19. The quantitative estimate of drug-likeness (QED) is 0.561. The summed E-state index contributed by atoms with van der Waals surface area (Å²) in [5.41, 5.74) is 3.91. The maximum atomic E-state index is 12.3. The van der Waals surface area contributed by atoms with Crippen molar-refractivity contribution in [2.75, 3.05) is 7.05 Å². The first kappa shape index (κ1) is 20.5. The molecule has 3 N–H and O–H groups in total. The third kappa shape index (κ3) is 6.77. The third-order valence-electron chi connectivity index (χ3n) is 4.07. The molecule has 0 bridgehead atoms. The molecule has 0 atom stereocenters. The van der Waals surface area contributed by atoms with Crippen molar-refractivity contribution >= 4 is 11.9 Å². The van der Waals surface area contributed by atoms with Gasteiger partial charge in [0.2, 0.25) is 0 Å². The molecule has 2 aromatic carbocycles. The smallest absolute Gasteiger partial charge is 0.251 e. The van der Waals surface area contributed by atoms with Crippen molar-refractivity contribution in [3.05, 3.63) is 70.8 Å². The number of carbonyl (C=O) groups is 1. The van der Waals surface area contributed by atoms with Gasteiger partial charge >= 0.3 is 0 Å². The van der Waals surface area contributed by atoms with Crippen LogP contribution in [-0.4, -0.2) is 24.5 Å². The lowest BCUT2D eigenvalue weighted by Gasteiger charge is -2.20. The zero-order valence-electron chi connectivity index (χ0n) is 16.9. The number of aliphatic imine (C=N–C) groups is 1. The van der Waals surface area contributed by atoms with Crippen molar-refractivity contribution in [3.63, 3.8) is 0 Å². The first-order valence-corrected chi connectivity index (χ1v) is 9.19. The molecule has 0 aliphatic heterocycles. The Morgan fingerprint density at radius 1 is 1.00 bits per heavy atom. The fraction of sp³-hybridized carbons (Fsp3) is 0.364. The average Bonchev–Trinajstić information content (AvgIpc) is 2.62. The van der Waals surface area contributed by atoms with E-state index in [9.17, 15) is 4.79 Å². The molecule has 0 spiro atoms. The monoisotopic (exact) mass is 366 g/mol. The van der Waals surface area contributed by atoms with Crippen LogP contribution in [0.3, 0.4) is 0 Å². The average molecular weight is 367 g/mol. The highest BCUT2D eigenvalue weighted by atomic mass is 16.1. The topological polar surface area (TPSA) is 65.5 Å². The molecule has 144 valence electrons. The molecule has 0 aliphatic rings. The van der Waals surface area contributed by atoms with E-state index in [0.717, 1.165) is 11.5 Å². The van der Waals surface area contributed by atoms with Crippen molar-refractivity contribution in [1.29, 1.82) is 0 Å². The Hall–Kier alpha value is -2.82. The Labute approximate surface area is 162 Å². The van der Waals surface area contributed by atoms with Gasteiger partial charge in [0.05, 0.1) is 0 Å². The second-order valence-corrected chi connectivity index (χ2v) is 7.61. The molecular weight excluding hydrogens is 336 g/mol. The molecule has 5 nitrogen and oxygen atoms in total. The third-order valence-corrected chi connectivity index (χ3v) is 4.07. The van der Waals surface area contributed by atoms with E-state index in [2.05, 4.69) is 40.0 Å². The maximum Gasteiger partial charge on any atom is 0.251 e. The maximum absolute atomic E-state index is 12.3. The summed E-state index contributed by atoms with van der Waals surface area (Å²) >= 11 is 0. The van der Waals surface area contributed by atoms with Crippen LogP contribution in [0, 0.1) is 6.92 Å². The van der Waals surface area contributed by atoms with Crippen LogP contribution in [0.15, 0.2) is 53.5 Å². The number of nitrogens with one attached hydrogen (secondary N) is 3. The van der Waals surface area contributed by atoms with Gasteiger partial charge in [0.15, 0.2) is 5.96 Å². The van der Waals surface area contributed by atoms with Gasteiger partial charge in [-0.25, -0.2) is 0 Å². The lowest BCUT2D eigenvalue weighted by atomic mass is 10.1. The van der Waals surface area contributed by atoms with Gasteiger partial charge in [0, 0.05) is 31.2 Å². The molecule has 27 heavy (non-hydrogen) atoms. The van der Waals surface area contributed by atoms with Gasteiger partial charge in [0.1, 0.15) is 0 Å². The normalized spacial score (nSPS) is 11.8. The summed E-state index contributed by atoms with van der Waals surface area (Å²) in [6.07, 6.45) is 0. The van der Waals surface area contributed by atoms with Crippen molar-refractivity contribution in [2.24, 2.45) is 4.99 Å². The molecule has 0 heterocycles. The predicted octanol–water partition coefficient (Wildman–Crippen LogP) is 3.39. The molecule has 2 aromatic rings. The van der Waals surface area contributed by atoms with Crippen molar-refractivity contribution in [3.8, 4) is 0 Å². The number of rotatable bonds is 5. The van der Waals surface area contributed by atoms with E-state index in [0.29, 0.717) is 18.7 Å². The Morgan fingerprint density at radius 2 is 1.70 bits per heavy atom. The first-order chi connectivity index (χ1) is 12.8. The van der Waals surface area contributed by atoms with Gasteiger partial charge in [-0.05, 0) is 56.5 Å². The highest BCUT2D eigenvalue weighted by Crippen LogP contribution is 2.09. The lowest BCUT2D eigenvalue weighted by molar-refractivity contribution is 0.0919. The van der Waals surface area contributed by atoms with Gasteiger partial charge < -0.3 is 16.0 Å². The summed E-state index contributed by atoms with van der Waals surface area (Å²) in [4.78, 5) is 16.6. The van der Waals surface area contributed by atoms with E-state index in [4.69, 9.17) is 0 Å². The molecule has 0 saturated carbocycles. The molecule has 1 amide bonds. The summed E-state index contributed by atoms with van der Waals surface area (Å²) < 4.78 is 0. The van der Waals surface area contributed by atoms with Crippen LogP contribution >= 0.6 is 0 Å². The fourth-order valence-corrected chi connectivity index (χ4v) is 2.63. The van der Waals surface area contributed by atoms with E-state index in [1.807, 2.05) is 57.2 Å². The van der Waals surface area contributed by atoms with E-state index < -0.39 is 0 Å². The Morgan fingerprint density at radius 3 is 2.37 bits per heavy atom.